The molecule has 0 aliphatic rings. The fourth-order valence-corrected chi connectivity index (χ4v) is 1.59. The molecule has 0 bridgehead atoms. The van der Waals surface area contributed by atoms with E-state index in [0.717, 1.165) is 0 Å². The van der Waals surface area contributed by atoms with Crippen LogP contribution in [0, 0.1) is 0 Å². The van der Waals surface area contributed by atoms with Crippen LogP contribution in [-0.4, -0.2) is 18.2 Å². The number of methoxy groups -OCH3 is 1. The summed E-state index contributed by atoms with van der Waals surface area (Å²) in [5.41, 5.74) is -0.887. The van der Waals surface area contributed by atoms with Crippen molar-refractivity contribution >= 4 is 16.9 Å². The van der Waals surface area contributed by atoms with Gasteiger partial charge < -0.3 is 19.0 Å². The van der Waals surface area contributed by atoms with E-state index < -0.39 is 11.6 Å². The fourth-order valence-electron chi connectivity index (χ4n) is 1.59. The number of hydrogen-bond acceptors (Lipinski definition) is 6. The first-order valence-corrected chi connectivity index (χ1v) is 5.05. The minimum Gasteiger partial charge on any atom is -0.504 e. The van der Waals surface area contributed by atoms with Gasteiger partial charge in [-0.15, -0.1) is 0 Å². The van der Waals surface area contributed by atoms with Gasteiger partial charge in [-0.2, -0.15) is 0 Å². The molecule has 1 heterocycles. The molecule has 2 rings (SSSR count). The molecule has 0 saturated heterocycles. The van der Waals surface area contributed by atoms with E-state index in [9.17, 15) is 14.7 Å². The second kappa shape index (κ2) is 4.40. The van der Waals surface area contributed by atoms with Crippen LogP contribution < -0.4 is 15.1 Å². The van der Waals surface area contributed by atoms with Crippen LogP contribution in [0.1, 0.15) is 6.92 Å². The number of rotatable bonds is 2. The molecule has 0 unspecified atom stereocenters. The Morgan fingerprint density at radius 3 is 2.67 bits per heavy atom. The summed E-state index contributed by atoms with van der Waals surface area (Å²) in [6.07, 6.45) is 0. The third kappa shape index (κ3) is 1.88. The molecular formula is C12H10O6. The number of carbonyl (C=O) groups excluding carboxylic acids is 1. The van der Waals surface area contributed by atoms with Crippen molar-refractivity contribution in [2.75, 3.05) is 7.11 Å². The number of esters is 1. The van der Waals surface area contributed by atoms with Gasteiger partial charge in [-0.05, 0) is 12.1 Å². The normalized spacial score (nSPS) is 10.3. The highest BCUT2D eigenvalue weighted by Gasteiger charge is 2.19. The van der Waals surface area contributed by atoms with Crippen molar-refractivity contribution in [2.24, 2.45) is 0 Å². The van der Waals surface area contributed by atoms with Crippen molar-refractivity contribution in [3.8, 4) is 17.2 Å². The Hall–Kier alpha value is -2.50. The second-order valence-corrected chi connectivity index (χ2v) is 3.50. The number of phenols is 1. The van der Waals surface area contributed by atoms with Gasteiger partial charge in [0.05, 0.1) is 12.5 Å². The molecular weight excluding hydrogens is 240 g/mol. The standard InChI is InChI=1S/C12H10O6/c1-6(13)17-10-7-4-3-5-8(14)9(7)18-12(15)11(10)16-2/h3-5,14H,1-2H3. The lowest BCUT2D eigenvalue weighted by molar-refractivity contribution is -0.131. The van der Waals surface area contributed by atoms with Gasteiger partial charge in [0.15, 0.2) is 17.1 Å². The molecule has 94 valence electrons. The predicted octanol–water partition coefficient (Wildman–Crippen LogP) is 1.43. The zero-order valence-corrected chi connectivity index (χ0v) is 9.72. The van der Waals surface area contributed by atoms with Crippen LogP contribution in [0.15, 0.2) is 27.4 Å². The van der Waals surface area contributed by atoms with E-state index >= 15 is 0 Å². The number of benzene rings is 1. The largest absolute Gasteiger partial charge is 0.504 e. The Bertz CT molecular complexity index is 670. The lowest BCUT2D eigenvalue weighted by Crippen LogP contribution is -2.10. The van der Waals surface area contributed by atoms with E-state index in [0.29, 0.717) is 0 Å². The van der Waals surface area contributed by atoms with Crippen molar-refractivity contribution < 1.29 is 23.8 Å². The SMILES string of the molecule is COc1c(OC(C)=O)c2cccc(O)c2oc1=O. The lowest BCUT2D eigenvalue weighted by Gasteiger charge is -2.09. The molecule has 0 aliphatic carbocycles. The molecule has 0 aliphatic heterocycles. The third-order valence-electron chi connectivity index (χ3n) is 2.28. The highest BCUT2D eigenvalue weighted by atomic mass is 16.6. The number of phenolic OH excluding ortho intramolecular Hbond substituents is 1. The van der Waals surface area contributed by atoms with Crippen LogP contribution >= 0.6 is 0 Å². The van der Waals surface area contributed by atoms with Crippen LogP contribution in [0.3, 0.4) is 0 Å². The van der Waals surface area contributed by atoms with Crippen molar-refractivity contribution in [1.29, 1.82) is 0 Å². The van der Waals surface area contributed by atoms with Crippen molar-refractivity contribution in [2.45, 2.75) is 6.92 Å². The van der Waals surface area contributed by atoms with Gasteiger partial charge in [0.2, 0.25) is 5.75 Å². The van der Waals surface area contributed by atoms with E-state index in [-0.39, 0.29) is 28.2 Å². The van der Waals surface area contributed by atoms with Crippen LogP contribution in [0.2, 0.25) is 0 Å². The molecule has 1 N–H and O–H groups in total. The Kier molecular flexibility index (Phi) is 2.93. The molecule has 0 amide bonds. The van der Waals surface area contributed by atoms with Crippen LogP contribution in [-0.2, 0) is 4.79 Å². The number of para-hydroxylation sites is 1. The van der Waals surface area contributed by atoms with Crippen LogP contribution in [0.5, 0.6) is 17.2 Å². The Balaban J connectivity index is 2.88. The van der Waals surface area contributed by atoms with Gasteiger partial charge >= 0.3 is 11.6 Å². The number of carbonyl (C=O) groups is 1. The van der Waals surface area contributed by atoms with E-state index in [1.165, 1.54) is 26.2 Å². The highest BCUT2D eigenvalue weighted by molar-refractivity contribution is 5.91. The molecule has 0 radical (unpaired) electrons. The first kappa shape index (κ1) is 12.0. The third-order valence-corrected chi connectivity index (χ3v) is 2.28. The summed E-state index contributed by atoms with van der Waals surface area (Å²) in [6.45, 7) is 1.20. The minimum atomic E-state index is -0.831. The topological polar surface area (TPSA) is 86.0 Å². The maximum Gasteiger partial charge on any atom is 0.383 e. The first-order valence-electron chi connectivity index (χ1n) is 5.05. The van der Waals surface area contributed by atoms with Gasteiger partial charge in [-0.1, -0.05) is 6.07 Å². The molecule has 0 fully saturated rings. The minimum absolute atomic E-state index is 0.0560. The summed E-state index contributed by atoms with van der Waals surface area (Å²) in [7, 11) is 1.26. The molecule has 1 aromatic heterocycles. The molecule has 0 spiro atoms. The summed E-state index contributed by atoms with van der Waals surface area (Å²) in [4.78, 5) is 22.7. The number of aromatic hydroxyl groups is 1. The smallest absolute Gasteiger partial charge is 0.383 e. The second-order valence-electron chi connectivity index (χ2n) is 3.50. The van der Waals surface area contributed by atoms with E-state index in [4.69, 9.17) is 13.9 Å². The van der Waals surface area contributed by atoms with Gasteiger partial charge in [0, 0.05) is 6.92 Å². The lowest BCUT2D eigenvalue weighted by atomic mass is 10.2. The zero-order chi connectivity index (χ0) is 13.3. The van der Waals surface area contributed by atoms with Crippen molar-refractivity contribution in [3.05, 3.63) is 28.6 Å². The molecule has 6 nitrogen and oxygen atoms in total. The average molecular weight is 250 g/mol. The summed E-state index contributed by atoms with van der Waals surface area (Å²) < 4.78 is 14.7. The van der Waals surface area contributed by atoms with E-state index in [1.807, 2.05) is 0 Å². The van der Waals surface area contributed by atoms with Gasteiger partial charge in [0.1, 0.15) is 0 Å². The first-order chi connectivity index (χ1) is 8.54. The average Bonchev–Trinajstić information content (AvgIpc) is 2.30. The summed E-state index contributed by atoms with van der Waals surface area (Å²) >= 11 is 0. The quantitative estimate of drug-likeness (QED) is 0.641. The van der Waals surface area contributed by atoms with Crippen molar-refractivity contribution in [1.82, 2.24) is 0 Å². The van der Waals surface area contributed by atoms with Crippen LogP contribution in [0.4, 0.5) is 0 Å². The zero-order valence-electron chi connectivity index (χ0n) is 9.72. The van der Waals surface area contributed by atoms with Crippen molar-refractivity contribution in [3.63, 3.8) is 0 Å². The number of ether oxygens (including phenoxy) is 2. The van der Waals surface area contributed by atoms with E-state index in [1.54, 1.807) is 6.07 Å². The van der Waals surface area contributed by atoms with Gasteiger partial charge in [-0.25, -0.2) is 4.79 Å². The number of fused-ring (bicyclic) bond motifs is 1. The molecule has 18 heavy (non-hydrogen) atoms. The molecule has 2 aromatic rings. The Morgan fingerprint density at radius 1 is 1.33 bits per heavy atom. The summed E-state index contributed by atoms with van der Waals surface area (Å²) in [6, 6.07) is 4.43. The van der Waals surface area contributed by atoms with Gasteiger partial charge in [-0.3, -0.25) is 4.79 Å². The number of hydrogen-bond donors (Lipinski definition) is 1. The summed E-state index contributed by atoms with van der Waals surface area (Å²) in [5, 5.41) is 9.88. The maximum absolute atomic E-state index is 11.6. The van der Waals surface area contributed by atoms with E-state index in [2.05, 4.69) is 0 Å². The molecule has 0 saturated carbocycles. The van der Waals surface area contributed by atoms with Gasteiger partial charge in [0.25, 0.3) is 0 Å². The predicted molar refractivity (Wildman–Crippen MR) is 62.0 cm³/mol. The van der Waals surface area contributed by atoms with Crippen LogP contribution in [0.25, 0.3) is 11.0 Å². The molecule has 0 atom stereocenters. The Labute approximate surface area is 101 Å². The monoisotopic (exact) mass is 250 g/mol. The maximum atomic E-state index is 11.6. The summed E-state index contributed by atoms with van der Waals surface area (Å²) in [5.74, 6) is -1.11. The fraction of sp³-hybridized carbons (Fsp3) is 0.167. The highest BCUT2D eigenvalue weighted by Crippen LogP contribution is 2.36. The molecule has 6 heteroatoms. The Morgan fingerprint density at radius 2 is 2.06 bits per heavy atom. The molecule has 1 aromatic carbocycles.